The first-order valence-electron chi connectivity index (χ1n) is 10.8. The fourth-order valence-corrected chi connectivity index (χ4v) is 4.76. The number of halogens is 3. The van der Waals surface area contributed by atoms with Gasteiger partial charge in [-0.25, -0.2) is 15.0 Å². The van der Waals surface area contributed by atoms with Crippen molar-refractivity contribution in [2.24, 2.45) is 0 Å². The molecule has 0 aliphatic heterocycles. The molecular formula is C24H18F3N5O. The summed E-state index contributed by atoms with van der Waals surface area (Å²) in [7, 11) is 0. The van der Waals surface area contributed by atoms with Crippen molar-refractivity contribution in [2.75, 3.05) is 0 Å². The molecule has 0 unspecified atom stereocenters. The zero-order chi connectivity index (χ0) is 22.7. The predicted molar refractivity (Wildman–Crippen MR) is 118 cm³/mol. The van der Waals surface area contributed by atoms with E-state index in [4.69, 9.17) is 4.98 Å². The summed E-state index contributed by atoms with van der Waals surface area (Å²) in [6.07, 6.45) is 0.887. The SMILES string of the molecule is O=c1c2c3nc4ccccc4nc3n(-c3cccc(C(F)(F)F)c3)c2ncn1C1CCCC1. The Labute approximate surface area is 185 Å². The quantitative estimate of drug-likeness (QED) is 0.361. The van der Waals surface area contributed by atoms with Crippen LogP contribution >= 0.6 is 0 Å². The Morgan fingerprint density at radius 3 is 2.36 bits per heavy atom. The molecule has 0 saturated heterocycles. The fraction of sp³-hybridized carbons (Fsp3) is 0.250. The summed E-state index contributed by atoms with van der Waals surface area (Å²) in [5.41, 5.74) is 1.26. The van der Waals surface area contributed by atoms with Crippen molar-refractivity contribution < 1.29 is 13.2 Å². The minimum atomic E-state index is -4.50. The number of hydrogen-bond donors (Lipinski definition) is 0. The minimum Gasteiger partial charge on any atom is -0.295 e. The van der Waals surface area contributed by atoms with Crippen LogP contribution in [0.4, 0.5) is 13.2 Å². The second-order valence-electron chi connectivity index (χ2n) is 8.36. The second-order valence-corrected chi connectivity index (χ2v) is 8.36. The highest BCUT2D eigenvalue weighted by Gasteiger charge is 2.31. The Bertz CT molecular complexity index is 1600. The van der Waals surface area contributed by atoms with Gasteiger partial charge in [-0.3, -0.25) is 13.9 Å². The molecule has 5 aromatic rings. The molecular weight excluding hydrogens is 431 g/mol. The van der Waals surface area contributed by atoms with Gasteiger partial charge < -0.3 is 0 Å². The maximum atomic E-state index is 13.6. The van der Waals surface area contributed by atoms with Gasteiger partial charge in [0.05, 0.1) is 16.6 Å². The molecule has 1 fully saturated rings. The Morgan fingerprint density at radius 2 is 1.64 bits per heavy atom. The van der Waals surface area contributed by atoms with Gasteiger partial charge in [-0.2, -0.15) is 13.2 Å². The van der Waals surface area contributed by atoms with Crippen LogP contribution in [0.2, 0.25) is 0 Å². The summed E-state index contributed by atoms with van der Waals surface area (Å²) in [5.74, 6) is 0. The van der Waals surface area contributed by atoms with E-state index in [0.717, 1.165) is 37.8 Å². The van der Waals surface area contributed by atoms with E-state index in [1.807, 2.05) is 12.1 Å². The van der Waals surface area contributed by atoms with Crippen LogP contribution in [0.25, 0.3) is 38.9 Å². The highest BCUT2D eigenvalue weighted by atomic mass is 19.4. The molecule has 166 valence electrons. The van der Waals surface area contributed by atoms with Gasteiger partial charge in [0.25, 0.3) is 5.56 Å². The average molecular weight is 449 g/mol. The van der Waals surface area contributed by atoms with E-state index >= 15 is 0 Å². The van der Waals surface area contributed by atoms with Gasteiger partial charge in [0.2, 0.25) is 0 Å². The number of alkyl halides is 3. The molecule has 1 saturated carbocycles. The number of fused-ring (bicyclic) bond motifs is 4. The number of nitrogens with zero attached hydrogens (tertiary/aromatic N) is 5. The lowest BCUT2D eigenvalue weighted by Gasteiger charge is -2.13. The van der Waals surface area contributed by atoms with Crippen LogP contribution in [0, 0.1) is 0 Å². The van der Waals surface area contributed by atoms with Crippen molar-refractivity contribution in [3.63, 3.8) is 0 Å². The summed E-state index contributed by atoms with van der Waals surface area (Å²) in [6, 6.07) is 12.2. The Kier molecular flexibility index (Phi) is 4.30. The molecule has 6 rings (SSSR count). The molecule has 0 spiro atoms. The molecule has 3 aromatic heterocycles. The summed E-state index contributed by atoms with van der Waals surface area (Å²) < 4.78 is 43.4. The first-order valence-corrected chi connectivity index (χ1v) is 10.8. The number of rotatable bonds is 2. The van der Waals surface area contributed by atoms with E-state index < -0.39 is 11.7 Å². The van der Waals surface area contributed by atoms with E-state index in [1.165, 1.54) is 17.0 Å². The van der Waals surface area contributed by atoms with E-state index in [1.54, 1.807) is 22.8 Å². The molecule has 0 amide bonds. The molecule has 0 bridgehead atoms. The second kappa shape index (κ2) is 7.13. The van der Waals surface area contributed by atoms with Crippen molar-refractivity contribution in [3.8, 4) is 5.69 Å². The molecule has 2 aromatic carbocycles. The number of aromatic nitrogens is 5. The molecule has 0 N–H and O–H groups in total. The van der Waals surface area contributed by atoms with E-state index in [-0.39, 0.29) is 28.3 Å². The smallest absolute Gasteiger partial charge is 0.295 e. The normalized spacial score (nSPS) is 15.2. The van der Waals surface area contributed by atoms with Crippen LogP contribution in [0.1, 0.15) is 37.3 Å². The first kappa shape index (κ1) is 19.9. The summed E-state index contributed by atoms with van der Waals surface area (Å²) in [4.78, 5) is 27.5. The Morgan fingerprint density at radius 1 is 0.909 bits per heavy atom. The largest absolute Gasteiger partial charge is 0.416 e. The standard InChI is InChI=1S/C24H18F3N5O/c25-24(26,27)14-6-5-9-16(12-14)32-21-19(23(33)31(13-28-21)15-7-1-2-8-15)20-22(32)30-18-11-4-3-10-17(18)29-20/h3-6,9-13,15H,1-2,7-8H2. The predicted octanol–water partition coefficient (Wildman–Crippen LogP) is 5.42. The lowest BCUT2D eigenvalue weighted by atomic mass is 10.2. The zero-order valence-electron chi connectivity index (χ0n) is 17.4. The number of para-hydroxylation sites is 2. The lowest BCUT2D eigenvalue weighted by molar-refractivity contribution is -0.137. The zero-order valence-corrected chi connectivity index (χ0v) is 17.4. The van der Waals surface area contributed by atoms with Crippen molar-refractivity contribution in [3.05, 3.63) is 70.8 Å². The molecule has 6 nitrogen and oxygen atoms in total. The van der Waals surface area contributed by atoms with Gasteiger partial charge >= 0.3 is 6.18 Å². The van der Waals surface area contributed by atoms with Crippen molar-refractivity contribution in [2.45, 2.75) is 37.9 Å². The molecule has 0 radical (unpaired) electrons. The van der Waals surface area contributed by atoms with Gasteiger partial charge in [0, 0.05) is 11.7 Å². The topological polar surface area (TPSA) is 65.6 Å². The highest BCUT2D eigenvalue weighted by Crippen LogP contribution is 2.34. The third-order valence-electron chi connectivity index (χ3n) is 6.34. The average Bonchev–Trinajstić information content (AvgIpc) is 3.44. The van der Waals surface area contributed by atoms with E-state index in [2.05, 4.69) is 9.97 Å². The van der Waals surface area contributed by atoms with Crippen LogP contribution in [0.5, 0.6) is 0 Å². The van der Waals surface area contributed by atoms with Crippen LogP contribution in [-0.4, -0.2) is 24.1 Å². The molecule has 33 heavy (non-hydrogen) atoms. The molecule has 1 aliphatic carbocycles. The third kappa shape index (κ3) is 3.10. The van der Waals surface area contributed by atoms with Gasteiger partial charge in [0.15, 0.2) is 11.3 Å². The maximum Gasteiger partial charge on any atom is 0.416 e. The minimum absolute atomic E-state index is 0.0646. The first-order chi connectivity index (χ1) is 15.9. The molecule has 1 aliphatic rings. The maximum absolute atomic E-state index is 13.6. The van der Waals surface area contributed by atoms with Crippen LogP contribution < -0.4 is 5.56 Å². The molecule has 0 atom stereocenters. The Balaban J connectivity index is 1.73. The molecule has 3 heterocycles. The van der Waals surface area contributed by atoms with Crippen LogP contribution in [-0.2, 0) is 6.18 Å². The van der Waals surface area contributed by atoms with E-state index in [0.29, 0.717) is 22.2 Å². The third-order valence-corrected chi connectivity index (χ3v) is 6.34. The van der Waals surface area contributed by atoms with E-state index in [9.17, 15) is 18.0 Å². The van der Waals surface area contributed by atoms with Crippen molar-refractivity contribution in [1.82, 2.24) is 24.1 Å². The lowest BCUT2D eigenvalue weighted by Crippen LogP contribution is -2.23. The highest BCUT2D eigenvalue weighted by molar-refractivity contribution is 6.05. The van der Waals surface area contributed by atoms with Gasteiger partial charge in [-0.15, -0.1) is 0 Å². The number of hydrogen-bond acceptors (Lipinski definition) is 4. The monoisotopic (exact) mass is 449 g/mol. The van der Waals surface area contributed by atoms with Crippen LogP contribution in [0.3, 0.4) is 0 Å². The summed E-state index contributed by atoms with van der Waals surface area (Å²) in [6.45, 7) is 0. The van der Waals surface area contributed by atoms with Gasteiger partial charge in [-0.05, 0) is 43.2 Å². The number of benzene rings is 2. The van der Waals surface area contributed by atoms with Crippen molar-refractivity contribution >= 4 is 33.2 Å². The fourth-order valence-electron chi connectivity index (χ4n) is 4.76. The van der Waals surface area contributed by atoms with Gasteiger partial charge in [0.1, 0.15) is 17.2 Å². The van der Waals surface area contributed by atoms with Crippen LogP contribution in [0.15, 0.2) is 59.7 Å². The molecule has 9 heteroatoms. The Hall–Kier alpha value is -3.75. The summed E-state index contributed by atoms with van der Waals surface area (Å²) >= 11 is 0. The van der Waals surface area contributed by atoms with Crippen molar-refractivity contribution in [1.29, 1.82) is 0 Å². The summed E-state index contributed by atoms with van der Waals surface area (Å²) in [5, 5.41) is 0.273. The van der Waals surface area contributed by atoms with Gasteiger partial charge in [-0.1, -0.05) is 31.0 Å².